The Hall–Kier alpha value is -3.56. The Bertz CT molecular complexity index is 1290. The second-order valence-corrected chi connectivity index (χ2v) is 8.78. The van der Waals surface area contributed by atoms with Gasteiger partial charge in [-0.2, -0.15) is 13.5 Å². The van der Waals surface area contributed by atoms with E-state index >= 15 is 0 Å². The Morgan fingerprint density at radius 2 is 1.61 bits per heavy atom. The Kier molecular flexibility index (Phi) is 7.57. The summed E-state index contributed by atoms with van der Waals surface area (Å²) in [5.74, 6) is 0.363. The fourth-order valence-corrected chi connectivity index (χ4v) is 3.90. The smallest absolute Gasteiger partial charge is 0.339 e. The maximum atomic E-state index is 12.6. The zero-order chi connectivity index (χ0) is 24.0. The molecule has 8 nitrogen and oxygen atoms in total. The summed E-state index contributed by atoms with van der Waals surface area (Å²) in [6.45, 7) is 1.85. The highest BCUT2D eigenvalue weighted by molar-refractivity contribution is 7.87. The van der Waals surface area contributed by atoms with E-state index in [2.05, 4.69) is 10.5 Å². The minimum absolute atomic E-state index is 0.00379. The van der Waals surface area contributed by atoms with Crippen LogP contribution in [0.3, 0.4) is 0 Å². The molecule has 0 aliphatic carbocycles. The van der Waals surface area contributed by atoms with Gasteiger partial charge < -0.3 is 13.7 Å². The molecule has 0 aliphatic heterocycles. The summed E-state index contributed by atoms with van der Waals surface area (Å²) in [4.78, 5) is 12.4. The quantitative estimate of drug-likeness (QED) is 0.289. The van der Waals surface area contributed by atoms with Crippen molar-refractivity contribution in [2.24, 2.45) is 5.10 Å². The van der Waals surface area contributed by atoms with Gasteiger partial charge >= 0.3 is 10.1 Å². The van der Waals surface area contributed by atoms with Gasteiger partial charge in [-0.05, 0) is 55.5 Å². The summed E-state index contributed by atoms with van der Waals surface area (Å²) in [6, 6.07) is 15.3. The molecule has 0 saturated heterocycles. The van der Waals surface area contributed by atoms with Crippen molar-refractivity contribution in [1.82, 2.24) is 5.43 Å². The lowest BCUT2D eigenvalue weighted by atomic mass is 10.2. The van der Waals surface area contributed by atoms with Crippen molar-refractivity contribution in [3.63, 3.8) is 0 Å². The topological polar surface area (TPSA) is 103 Å². The van der Waals surface area contributed by atoms with Crippen LogP contribution in [0.5, 0.6) is 17.2 Å². The van der Waals surface area contributed by atoms with Gasteiger partial charge in [0.05, 0.1) is 20.4 Å². The van der Waals surface area contributed by atoms with Crippen molar-refractivity contribution < 1.29 is 26.9 Å². The number of hydrogen-bond donors (Lipinski definition) is 1. The molecule has 3 aromatic rings. The summed E-state index contributed by atoms with van der Waals surface area (Å²) >= 11 is 6.04. The lowest BCUT2D eigenvalue weighted by Gasteiger charge is -2.10. The van der Waals surface area contributed by atoms with Gasteiger partial charge in [0, 0.05) is 16.1 Å². The number of benzene rings is 3. The van der Waals surface area contributed by atoms with Crippen LogP contribution in [0.2, 0.25) is 5.02 Å². The number of aryl methyl sites for hydroxylation is 1. The van der Waals surface area contributed by atoms with Crippen LogP contribution in [0.15, 0.2) is 70.7 Å². The highest BCUT2D eigenvalue weighted by Gasteiger charge is 2.18. The van der Waals surface area contributed by atoms with E-state index in [0.717, 1.165) is 5.56 Å². The van der Waals surface area contributed by atoms with Crippen molar-refractivity contribution in [2.75, 3.05) is 14.2 Å². The Morgan fingerprint density at radius 3 is 2.27 bits per heavy atom. The van der Waals surface area contributed by atoms with Crippen molar-refractivity contribution in [3.8, 4) is 17.2 Å². The van der Waals surface area contributed by atoms with Crippen LogP contribution in [-0.4, -0.2) is 34.8 Å². The van der Waals surface area contributed by atoms with Crippen molar-refractivity contribution in [1.29, 1.82) is 0 Å². The predicted molar refractivity (Wildman–Crippen MR) is 125 cm³/mol. The van der Waals surface area contributed by atoms with Gasteiger partial charge in [0.1, 0.15) is 4.90 Å². The summed E-state index contributed by atoms with van der Waals surface area (Å²) in [5.41, 5.74) is 3.83. The maximum absolute atomic E-state index is 12.6. The number of amides is 1. The predicted octanol–water partition coefficient (Wildman–Crippen LogP) is 4.20. The minimum atomic E-state index is -4.08. The fraction of sp³-hybridized carbons (Fsp3) is 0.130. The molecule has 0 saturated carbocycles. The Morgan fingerprint density at radius 1 is 0.939 bits per heavy atom. The highest BCUT2D eigenvalue weighted by Crippen LogP contribution is 2.28. The Balaban J connectivity index is 1.79. The third-order valence-electron chi connectivity index (χ3n) is 4.50. The van der Waals surface area contributed by atoms with E-state index in [1.807, 2.05) is 6.92 Å². The average Bonchev–Trinajstić information content (AvgIpc) is 2.80. The van der Waals surface area contributed by atoms with E-state index < -0.39 is 16.0 Å². The van der Waals surface area contributed by atoms with Crippen LogP contribution < -0.4 is 19.1 Å². The molecule has 10 heteroatoms. The first-order valence-electron chi connectivity index (χ1n) is 9.59. The van der Waals surface area contributed by atoms with Crippen molar-refractivity contribution in [3.05, 3.63) is 82.4 Å². The van der Waals surface area contributed by atoms with Crippen LogP contribution >= 0.6 is 11.6 Å². The lowest BCUT2D eigenvalue weighted by Crippen LogP contribution is -2.18. The Labute approximate surface area is 196 Å². The number of methoxy groups -OCH3 is 2. The number of ether oxygens (including phenoxy) is 2. The van der Waals surface area contributed by atoms with Crippen molar-refractivity contribution >= 4 is 33.8 Å². The first-order chi connectivity index (χ1) is 15.7. The van der Waals surface area contributed by atoms with E-state index in [-0.39, 0.29) is 21.8 Å². The molecule has 3 rings (SSSR count). The van der Waals surface area contributed by atoms with Crippen LogP contribution in [-0.2, 0) is 10.1 Å². The van der Waals surface area contributed by atoms with Crippen LogP contribution in [0.1, 0.15) is 21.5 Å². The SMILES string of the molecule is COc1ccc(C(=O)N/N=C/c2cc(Cl)ccc2OS(=O)(=O)c2ccc(C)cc2)cc1OC. The molecular formula is C23H21ClN2O6S. The molecule has 0 unspecified atom stereocenters. The summed E-state index contributed by atoms with van der Waals surface area (Å²) < 4.78 is 40.9. The molecule has 0 aliphatic rings. The third kappa shape index (κ3) is 6.03. The molecule has 172 valence electrons. The molecule has 0 atom stereocenters. The first-order valence-corrected chi connectivity index (χ1v) is 11.4. The molecule has 0 spiro atoms. The van der Waals surface area contributed by atoms with Gasteiger partial charge in [-0.3, -0.25) is 4.79 Å². The molecule has 0 heterocycles. The molecule has 33 heavy (non-hydrogen) atoms. The van der Waals surface area contributed by atoms with E-state index in [4.69, 9.17) is 25.3 Å². The van der Waals surface area contributed by atoms with Gasteiger partial charge in [0.2, 0.25) is 0 Å². The first kappa shape index (κ1) is 24.1. The maximum Gasteiger partial charge on any atom is 0.339 e. The van der Waals surface area contributed by atoms with Crippen LogP contribution in [0.25, 0.3) is 0 Å². The molecular weight excluding hydrogens is 468 g/mol. The molecule has 1 amide bonds. The number of carbonyl (C=O) groups is 1. The minimum Gasteiger partial charge on any atom is -0.493 e. The molecule has 1 N–H and O–H groups in total. The third-order valence-corrected chi connectivity index (χ3v) is 5.98. The monoisotopic (exact) mass is 488 g/mol. The number of nitrogens with one attached hydrogen (secondary N) is 1. The van der Waals surface area contributed by atoms with Crippen LogP contribution in [0, 0.1) is 6.92 Å². The normalized spacial score (nSPS) is 11.3. The van der Waals surface area contributed by atoms with E-state index in [9.17, 15) is 13.2 Å². The zero-order valence-corrected chi connectivity index (χ0v) is 19.6. The molecule has 3 aromatic carbocycles. The number of nitrogens with zero attached hydrogens (tertiary/aromatic N) is 1. The van der Waals surface area contributed by atoms with Gasteiger partial charge in [0.15, 0.2) is 17.2 Å². The van der Waals surface area contributed by atoms with E-state index in [1.165, 1.54) is 56.8 Å². The number of rotatable bonds is 8. The summed E-state index contributed by atoms with van der Waals surface area (Å²) in [7, 11) is -1.13. The number of halogens is 1. The number of hydrogen-bond acceptors (Lipinski definition) is 7. The van der Waals surface area contributed by atoms with Gasteiger partial charge in [-0.25, -0.2) is 5.43 Å². The largest absolute Gasteiger partial charge is 0.493 e. The second-order valence-electron chi connectivity index (χ2n) is 6.80. The average molecular weight is 489 g/mol. The van der Waals surface area contributed by atoms with Crippen molar-refractivity contribution in [2.45, 2.75) is 11.8 Å². The number of carbonyl (C=O) groups excluding carboxylic acids is 1. The zero-order valence-electron chi connectivity index (χ0n) is 18.0. The van der Waals surface area contributed by atoms with E-state index in [1.54, 1.807) is 24.3 Å². The molecule has 0 radical (unpaired) electrons. The molecule has 0 bridgehead atoms. The van der Waals surface area contributed by atoms with Gasteiger partial charge in [-0.15, -0.1) is 0 Å². The fourth-order valence-electron chi connectivity index (χ4n) is 2.77. The summed E-state index contributed by atoms with van der Waals surface area (Å²) in [5, 5.41) is 4.24. The second kappa shape index (κ2) is 10.4. The van der Waals surface area contributed by atoms with E-state index in [0.29, 0.717) is 16.5 Å². The van der Waals surface area contributed by atoms with Crippen LogP contribution in [0.4, 0.5) is 0 Å². The highest BCUT2D eigenvalue weighted by atomic mass is 35.5. The number of hydrazone groups is 1. The molecule has 0 fully saturated rings. The lowest BCUT2D eigenvalue weighted by molar-refractivity contribution is 0.0954. The molecule has 0 aromatic heterocycles. The van der Waals surface area contributed by atoms with Gasteiger partial charge in [-0.1, -0.05) is 29.3 Å². The summed E-state index contributed by atoms with van der Waals surface area (Å²) in [6.07, 6.45) is 1.24. The standard InChI is InChI=1S/C23H21ClN2O6S/c1-15-4-8-19(9-5-15)33(28,29)32-20-11-7-18(24)12-17(20)14-25-26-23(27)16-6-10-21(30-2)22(13-16)31-3/h4-14H,1-3H3,(H,26,27)/b25-14+. The van der Waals surface area contributed by atoms with Gasteiger partial charge in [0.25, 0.3) is 5.91 Å².